The molecule has 1 amide bonds. The zero-order valence-corrected chi connectivity index (χ0v) is 12.4. The van der Waals surface area contributed by atoms with Crippen molar-refractivity contribution >= 4 is 18.0 Å². The number of aliphatic carboxylic acids is 1. The molecule has 114 valence electrons. The molecule has 0 radical (unpaired) electrons. The van der Waals surface area contributed by atoms with E-state index < -0.39 is 5.97 Å². The number of carboxylic acid groups (broad SMARTS) is 1. The quantitative estimate of drug-likeness (QED) is 0.556. The fraction of sp³-hybridized carbons (Fsp3) is 0.400. The van der Waals surface area contributed by atoms with Crippen LogP contribution in [0, 0.1) is 0 Å². The van der Waals surface area contributed by atoms with Crippen LogP contribution in [0.5, 0.6) is 0 Å². The van der Waals surface area contributed by atoms with Crippen LogP contribution >= 0.6 is 0 Å². The van der Waals surface area contributed by atoms with Gasteiger partial charge in [-0.25, -0.2) is 4.79 Å². The molecule has 0 aromatic carbocycles. The molecular weight excluding hydrogens is 270 g/mol. The van der Waals surface area contributed by atoms with Gasteiger partial charge in [-0.05, 0) is 51.2 Å². The molecule has 0 aliphatic carbocycles. The third-order valence-electron chi connectivity index (χ3n) is 2.76. The van der Waals surface area contributed by atoms with Crippen LogP contribution < -0.4 is 5.32 Å². The predicted molar refractivity (Wildman–Crippen MR) is 81.0 cm³/mol. The molecule has 0 saturated heterocycles. The van der Waals surface area contributed by atoms with Gasteiger partial charge in [-0.3, -0.25) is 9.78 Å². The lowest BCUT2D eigenvalue weighted by Crippen LogP contribution is -2.25. The van der Waals surface area contributed by atoms with Gasteiger partial charge >= 0.3 is 5.97 Å². The number of rotatable bonds is 8. The van der Waals surface area contributed by atoms with E-state index in [1.54, 1.807) is 6.07 Å². The van der Waals surface area contributed by atoms with Crippen LogP contribution in [0.3, 0.4) is 0 Å². The summed E-state index contributed by atoms with van der Waals surface area (Å²) in [6.07, 6.45) is 7.33. The fourth-order valence-corrected chi connectivity index (χ4v) is 1.70. The minimum absolute atomic E-state index is 0.196. The van der Waals surface area contributed by atoms with Crippen molar-refractivity contribution < 1.29 is 14.7 Å². The maximum absolute atomic E-state index is 11.9. The van der Waals surface area contributed by atoms with Gasteiger partial charge in [-0.15, -0.1) is 0 Å². The molecule has 0 spiro atoms. The molecule has 2 N–H and O–H groups in total. The number of hydrogen-bond donors (Lipinski definition) is 2. The average molecular weight is 291 g/mol. The number of unbranched alkanes of at least 4 members (excludes halogenated alkanes) is 1. The Labute approximate surface area is 124 Å². The minimum Gasteiger partial charge on any atom is -0.478 e. The highest BCUT2D eigenvalue weighted by atomic mass is 16.4. The third kappa shape index (κ3) is 7.22. The summed E-state index contributed by atoms with van der Waals surface area (Å²) in [6.45, 7) is 1.61. The number of amides is 1. The third-order valence-corrected chi connectivity index (χ3v) is 2.76. The number of nitrogens with zero attached hydrogens (tertiary/aromatic N) is 2. The van der Waals surface area contributed by atoms with E-state index in [1.165, 1.54) is 18.5 Å². The first kappa shape index (κ1) is 16.8. The van der Waals surface area contributed by atoms with E-state index in [-0.39, 0.29) is 5.91 Å². The fourth-order valence-electron chi connectivity index (χ4n) is 1.70. The summed E-state index contributed by atoms with van der Waals surface area (Å²) in [5.41, 5.74) is 1.01. The first-order chi connectivity index (χ1) is 9.99. The molecule has 6 nitrogen and oxygen atoms in total. The van der Waals surface area contributed by atoms with Crippen molar-refractivity contribution in [1.29, 1.82) is 0 Å². The van der Waals surface area contributed by atoms with Crippen molar-refractivity contribution in [1.82, 2.24) is 15.2 Å². The second kappa shape index (κ2) is 8.86. The van der Waals surface area contributed by atoms with E-state index in [2.05, 4.69) is 15.2 Å². The Balaban J connectivity index is 2.47. The standard InChI is InChI=1S/C15H21N3O3/c1-18(2)8-4-3-7-17-15(21)13-9-12(10-16-11-13)5-6-14(19)20/h5-6,9-11H,3-4,7-8H2,1-2H3,(H,17,21)(H,19,20). The highest BCUT2D eigenvalue weighted by Crippen LogP contribution is 2.05. The minimum atomic E-state index is -1.04. The lowest BCUT2D eigenvalue weighted by Gasteiger charge is -2.09. The molecule has 0 aliphatic rings. The lowest BCUT2D eigenvalue weighted by molar-refractivity contribution is -0.131. The Morgan fingerprint density at radius 3 is 2.76 bits per heavy atom. The van der Waals surface area contributed by atoms with Crippen molar-refractivity contribution in [2.75, 3.05) is 27.2 Å². The molecule has 1 aromatic rings. The number of carbonyl (C=O) groups excluding carboxylic acids is 1. The highest BCUT2D eigenvalue weighted by molar-refractivity contribution is 5.94. The Morgan fingerprint density at radius 2 is 2.10 bits per heavy atom. The van der Waals surface area contributed by atoms with Crippen molar-refractivity contribution in [2.45, 2.75) is 12.8 Å². The zero-order valence-electron chi connectivity index (χ0n) is 12.4. The first-order valence-electron chi connectivity index (χ1n) is 6.78. The van der Waals surface area contributed by atoms with Crippen molar-refractivity contribution in [3.63, 3.8) is 0 Å². The van der Waals surface area contributed by atoms with Crippen LogP contribution in [0.2, 0.25) is 0 Å². The summed E-state index contributed by atoms with van der Waals surface area (Å²) in [5, 5.41) is 11.4. The molecule has 1 rings (SSSR count). The van der Waals surface area contributed by atoms with E-state index in [1.807, 2.05) is 14.1 Å². The van der Waals surface area contributed by atoms with E-state index >= 15 is 0 Å². The second-order valence-electron chi connectivity index (χ2n) is 4.94. The Hall–Kier alpha value is -2.21. The molecule has 1 heterocycles. The smallest absolute Gasteiger partial charge is 0.328 e. The van der Waals surface area contributed by atoms with Gasteiger partial charge in [0.1, 0.15) is 0 Å². The summed E-state index contributed by atoms with van der Waals surface area (Å²) < 4.78 is 0. The number of hydrogen-bond acceptors (Lipinski definition) is 4. The number of carbonyl (C=O) groups is 2. The molecule has 6 heteroatoms. The van der Waals surface area contributed by atoms with Crippen molar-refractivity contribution in [3.8, 4) is 0 Å². The van der Waals surface area contributed by atoms with Crippen LogP contribution in [0.15, 0.2) is 24.5 Å². The molecule has 0 aliphatic heterocycles. The predicted octanol–water partition coefficient (Wildman–Crippen LogP) is 1.25. The molecule has 21 heavy (non-hydrogen) atoms. The van der Waals surface area contributed by atoms with Gasteiger partial charge in [0.05, 0.1) is 5.56 Å². The lowest BCUT2D eigenvalue weighted by atomic mass is 10.2. The van der Waals surface area contributed by atoms with Crippen LogP contribution in [-0.4, -0.2) is 54.1 Å². The number of pyridine rings is 1. The summed E-state index contributed by atoms with van der Waals surface area (Å²) in [7, 11) is 4.03. The SMILES string of the molecule is CN(C)CCCCNC(=O)c1cncc(C=CC(=O)O)c1. The zero-order chi connectivity index (χ0) is 15.7. The van der Waals surface area contributed by atoms with Crippen molar-refractivity contribution in [3.05, 3.63) is 35.7 Å². The van der Waals surface area contributed by atoms with Crippen LogP contribution in [0.1, 0.15) is 28.8 Å². The molecule has 0 fully saturated rings. The maximum atomic E-state index is 11.9. The first-order valence-corrected chi connectivity index (χ1v) is 6.78. The van der Waals surface area contributed by atoms with Gasteiger partial charge in [-0.1, -0.05) is 0 Å². The summed E-state index contributed by atoms with van der Waals surface area (Å²) in [6, 6.07) is 1.61. The normalized spacial score (nSPS) is 11.0. The number of nitrogens with one attached hydrogen (secondary N) is 1. The molecule has 0 bridgehead atoms. The summed E-state index contributed by atoms with van der Waals surface area (Å²) >= 11 is 0. The molecule has 0 unspecified atom stereocenters. The molecule has 1 aromatic heterocycles. The largest absolute Gasteiger partial charge is 0.478 e. The molecule has 0 saturated carbocycles. The van der Waals surface area contributed by atoms with Gasteiger partial charge in [-0.2, -0.15) is 0 Å². The van der Waals surface area contributed by atoms with Crippen LogP contribution in [0.4, 0.5) is 0 Å². The number of aromatic nitrogens is 1. The maximum Gasteiger partial charge on any atom is 0.328 e. The monoisotopic (exact) mass is 291 g/mol. The highest BCUT2D eigenvalue weighted by Gasteiger charge is 2.05. The Kier molecular flexibility index (Phi) is 7.11. The average Bonchev–Trinajstić information content (AvgIpc) is 2.44. The number of carboxylic acids is 1. The van der Waals surface area contributed by atoms with Crippen molar-refractivity contribution in [2.24, 2.45) is 0 Å². The van der Waals surface area contributed by atoms with E-state index in [4.69, 9.17) is 5.11 Å². The summed E-state index contributed by atoms with van der Waals surface area (Å²) in [4.78, 5) is 28.4. The molecular formula is C15H21N3O3. The topological polar surface area (TPSA) is 82.5 Å². The van der Waals surface area contributed by atoms with Gasteiger partial charge < -0.3 is 15.3 Å². The van der Waals surface area contributed by atoms with E-state index in [9.17, 15) is 9.59 Å². The second-order valence-corrected chi connectivity index (χ2v) is 4.94. The summed E-state index contributed by atoms with van der Waals surface area (Å²) in [5.74, 6) is -1.23. The van der Waals surface area contributed by atoms with Gasteiger partial charge in [0.15, 0.2) is 0 Å². The van der Waals surface area contributed by atoms with Crippen LogP contribution in [-0.2, 0) is 4.79 Å². The van der Waals surface area contributed by atoms with E-state index in [0.717, 1.165) is 25.5 Å². The van der Waals surface area contributed by atoms with Gasteiger partial charge in [0.2, 0.25) is 0 Å². The van der Waals surface area contributed by atoms with Gasteiger partial charge in [0, 0.05) is 25.0 Å². The Bertz CT molecular complexity index is 513. The molecule has 0 atom stereocenters. The van der Waals surface area contributed by atoms with Crippen LogP contribution in [0.25, 0.3) is 6.08 Å². The van der Waals surface area contributed by atoms with E-state index in [0.29, 0.717) is 17.7 Å². The van der Waals surface area contributed by atoms with Gasteiger partial charge in [0.25, 0.3) is 5.91 Å². The Morgan fingerprint density at radius 1 is 1.33 bits per heavy atom.